The molecule has 0 saturated carbocycles. The Bertz CT molecular complexity index is 1070. The first-order chi connectivity index (χ1) is 15.5. The van der Waals surface area contributed by atoms with E-state index in [2.05, 4.69) is 20.5 Å². The van der Waals surface area contributed by atoms with Crippen LogP contribution in [0.1, 0.15) is 22.1 Å². The Morgan fingerprint density at radius 2 is 1.84 bits per heavy atom. The Hall–Kier alpha value is -2.95. The molecule has 0 radical (unpaired) electrons. The van der Waals surface area contributed by atoms with Crippen molar-refractivity contribution in [2.24, 2.45) is 0 Å². The number of hydrogen-bond acceptors (Lipinski definition) is 6. The van der Waals surface area contributed by atoms with Gasteiger partial charge in [0.25, 0.3) is 5.91 Å². The first-order valence-electron chi connectivity index (χ1n) is 10.0. The molecule has 1 aromatic heterocycles. The average Bonchev–Trinajstić information content (AvgIpc) is 3.22. The van der Waals surface area contributed by atoms with Gasteiger partial charge in [-0.15, -0.1) is 11.3 Å². The largest absolute Gasteiger partial charge is 0.379 e. The summed E-state index contributed by atoms with van der Waals surface area (Å²) in [5.41, 5.74) is 1.14. The molecule has 1 unspecified atom stereocenters. The number of amides is 1. The van der Waals surface area contributed by atoms with Gasteiger partial charge in [-0.25, -0.2) is 18.2 Å². The van der Waals surface area contributed by atoms with Gasteiger partial charge >= 0.3 is 0 Å². The first kappa shape index (κ1) is 22.3. The smallest absolute Gasteiger partial charge is 0.270 e. The third kappa shape index (κ3) is 5.64. The molecule has 1 aliphatic rings. The lowest BCUT2D eigenvalue weighted by atomic mass is 10.0. The molecule has 1 amide bonds. The van der Waals surface area contributed by atoms with Crippen LogP contribution in [0.2, 0.25) is 0 Å². The summed E-state index contributed by atoms with van der Waals surface area (Å²) in [4.78, 5) is 19.0. The average molecular weight is 462 g/mol. The number of aromatic nitrogens is 1. The second kappa shape index (κ2) is 10.1. The fourth-order valence-corrected chi connectivity index (χ4v) is 4.24. The number of benzene rings is 2. The molecule has 1 aliphatic heterocycles. The number of carbonyl (C=O) groups excluding carboxylic acids is 1. The van der Waals surface area contributed by atoms with Crippen LogP contribution < -0.4 is 10.6 Å². The summed E-state index contributed by atoms with van der Waals surface area (Å²) in [5.74, 6) is -2.16. The van der Waals surface area contributed by atoms with Crippen LogP contribution in [0.3, 0.4) is 0 Å². The van der Waals surface area contributed by atoms with Crippen LogP contribution in [-0.2, 0) is 4.74 Å². The van der Waals surface area contributed by atoms with Crippen molar-refractivity contribution in [3.63, 3.8) is 0 Å². The van der Waals surface area contributed by atoms with Gasteiger partial charge in [0.1, 0.15) is 23.1 Å². The number of nitrogens with zero attached hydrogens (tertiary/aromatic N) is 2. The van der Waals surface area contributed by atoms with Crippen molar-refractivity contribution in [3.05, 3.63) is 76.6 Å². The number of thiazole rings is 1. The van der Waals surface area contributed by atoms with E-state index in [0.29, 0.717) is 31.4 Å². The normalized spacial score (nSPS) is 15.3. The third-order valence-electron chi connectivity index (χ3n) is 5.03. The van der Waals surface area contributed by atoms with E-state index in [1.807, 2.05) is 6.07 Å². The van der Waals surface area contributed by atoms with Gasteiger partial charge in [0, 0.05) is 36.8 Å². The molecule has 4 rings (SSSR count). The van der Waals surface area contributed by atoms with Crippen molar-refractivity contribution in [3.8, 4) is 0 Å². The highest BCUT2D eigenvalue weighted by Gasteiger charge is 2.24. The van der Waals surface area contributed by atoms with Gasteiger partial charge in [0.05, 0.1) is 19.3 Å². The number of anilines is 2. The number of morpholine rings is 1. The first-order valence-corrected chi connectivity index (χ1v) is 10.9. The Morgan fingerprint density at radius 1 is 1.09 bits per heavy atom. The van der Waals surface area contributed by atoms with Crippen molar-refractivity contribution in [2.75, 3.05) is 38.2 Å². The van der Waals surface area contributed by atoms with Crippen molar-refractivity contribution in [1.82, 2.24) is 15.2 Å². The number of halogens is 3. The molecule has 168 valence electrons. The lowest BCUT2D eigenvalue weighted by Gasteiger charge is -2.34. The van der Waals surface area contributed by atoms with Gasteiger partial charge in [0.15, 0.2) is 5.13 Å². The second-order valence-corrected chi connectivity index (χ2v) is 8.11. The van der Waals surface area contributed by atoms with Crippen LogP contribution in [0.4, 0.5) is 24.0 Å². The Balaban J connectivity index is 1.43. The van der Waals surface area contributed by atoms with Gasteiger partial charge in [-0.2, -0.15) is 0 Å². The van der Waals surface area contributed by atoms with Crippen LogP contribution in [-0.4, -0.2) is 48.6 Å². The molecular weight excluding hydrogens is 441 g/mol. The molecule has 1 saturated heterocycles. The third-order valence-corrected chi connectivity index (χ3v) is 5.78. The quantitative estimate of drug-likeness (QED) is 0.553. The van der Waals surface area contributed by atoms with Gasteiger partial charge in [-0.3, -0.25) is 9.69 Å². The summed E-state index contributed by atoms with van der Waals surface area (Å²) >= 11 is 1.14. The molecule has 6 nitrogen and oxygen atoms in total. The summed E-state index contributed by atoms with van der Waals surface area (Å²) in [6, 6.07) is 9.15. The van der Waals surface area contributed by atoms with Gasteiger partial charge in [-0.05, 0) is 29.8 Å². The van der Waals surface area contributed by atoms with Crippen molar-refractivity contribution in [1.29, 1.82) is 0 Å². The summed E-state index contributed by atoms with van der Waals surface area (Å²) in [6.45, 7) is 2.75. The van der Waals surface area contributed by atoms with E-state index in [1.54, 1.807) is 11.4 Å². The maximum atomic E-state index is 13.8. The van der Waals surface area contributed by atoms with E-state index in [4.69, 9.17) is 4.74 Å². The maximum Gasteiger partial charge on any atom is 0.270 e. The lowest BCUT2D eigenvalue weighted by molar-refractivity contribution is 0.0161. The predicted octanol–water partition coefficient (Wildman–Crippen LogP) is 4.11. The molecule has 2 N–H and O–H groups in total. The highest BCUT2D eigenvalue weighted by Crippen LogP contribution is 2.24. The highest BCUT2D eigenvalue weighted by atomic mass is 32.1. The SMILES string of the molecule is O=C(NCC(c1cccc(F)c1)N1CCOCC1)c1csc(Nc2cc(F)cc(F)c2)n1. The molecule has 10 heteroatoms. The minimum absolute atomic E-state index is 0.175. The zero-order valence-corrected chi connectivity index (χ0v) is 17.8. The second-order valence-electron chi connectivity index (χ2n) is 7.25. The molecule has 1 atom stereocenters. The van der Waals surface area contributed by atoms with E-state index >= 15 is 0 Å². The lowest BCUT2D eigenvalue weighted by Crippen LogP contribution is -2.43. The Labute approximate surface area is 187 Å². The minimum Gasteiger partial charge on any atom is -0.379 e. The standard InChI is InChI=1S/C22H21F3N4O2S/c23-15-3-1-2-14(8-15)20(29-4-6-31-7-5-29)12-26-21(30)19-13-32-22(28-19)27-18-10-16(24)9-17(25)11-18/h1-3,8-11,13,20H,4-7,12H2,(H,26,30)(H,27,28). The van der Waals surface area contributed by atoms with E-state index in [9.17, 15) is 18.0 Å². The molecule has 3 aromatic rings. The number of nitrogens with one attached hydrogen (secondary N) is 2. The molecule has 2 heterocycles. The van der Waals surface area contributed by atoms with Crippen molar-refractivity contribution < 1.29 is 22.7 Å². The number of carbonyl (C=O) groups is 1. The predicted molar refractivity (Wildman–Crippen MR) is 116 cm³/mol. The number of ether oxygens (including phenoxy) is 1. The summed E-state index contributed by atoms with van der Waals surface area (Å²) in [6.07, 6.45) is 0. The fourth-order valence-electron chi connectivity index (χ4n) is 3.53. The van der Waals surface area contributed by atoms with Crippen LogP contribution >= 0.6 is 11.3 Å². The fraction of sp³-hybridized carbons (Fsp3) is 0.273. The molecule has 2 aromatic carbocycles. The van der Waals surface area contributed by atoms with E-state index in [-0.39, 0.29) is 29.8 Å². The summed E-state index contributed by atoms with van der Waals surface area (Å²) < 4.78 is 45.9. The van der Waals surface area contributed by atoms with Gasteiger partial charge < -0.3 is 15.4 Å². The molecule has 1 fully saturated rings. The van der Waals surface area contributed by atoms with Crippen LogP contribution in [0, 0.1) is 17.5 Å². The molecule has 0 aliphatic carbocycles. The van der Waals surface area contributed by atoms with Gasteiger partial charge in [0.2, 0.25) is 0 Å². The Kier molecular flexibility index (Phi) is 7.03. The van der Waals surface area contributed by atoms with E-state index in [1.165, 1.54) is 12.1 Å². The number of rotatable bonds is 7. The summed E-state index contributed by atoms with van der Waals surface area (Å²) in [5, 5.41) is 7.54. The van der Waals surface area contributed by atoms with Crippen molar-refractivity contribution in [2.45, 2.75) is 6.04 Å². The zero-order chi connectivity index (χ0) is 22.5. The monoisotopic (exact) mass is 462 g/mol. The van der Waals surface area contributed by atoms with Crippen LogP contribution in [0.25, 0.3) is 0 Å². The topological polar surface area (TPSA) is 66.5 Å². The minimum atomic E-state index is -0.714. The molecule has 32 heavy (non-hydrogen) atoms. The Morgan fingerprint density at radius 3 is 2.56 bits per heavy atom. The van der Waals surface area contributed by atoms with Crippen molar-refractivity contribution >= 4 is 28.1 Å². The van der Waals surface area contributed by atoms with E-state index in [0.717, 1.165) is 35.1 Å². The maximum absolute atomic E-state index is 13.8. The molecule has 0 bridgehead atoms. The highest BCUT2D eigenvalue weighted by molar-refractivity contribution is 7.14. The van der Waals surface area contributed by atoms with E-state index < -0.39 is 17.5 Å². The van der Waals surface area contributed by atoms with Crippen LogP contribution in [0.5, 0.6) is 0 Å². The zero-order valence-electron chi connectivity index (χ0n) is 17.0. The number of hydrogen-bond donors (Lipinski definition) is 2. The van der Waals surface area contributed by atoms with Crippen LogP contribution in [0.15, 0.2) is 47.8 Å². The summed E-state index contributed by atoms with van der Waals surface area (Å²) in [7, 11) is 0. The molecular formula is C22H21F3N4O2S. The van der Waals surface area contributed by atoms with Gasteiger partial charge in [-0.1, -0.05) is 12.1 Å². The molecule has 0 spiro atoms.